The topological polar surface area (TPSA) is 138 Å². The van der Waals surface area contributed by atoms with Crippen molar-refractivity contribution in [2.75, 3.05) is 68.8 Å². The molecule has 11 nitrogen and oxygen atoms in total. The molecule has 1 aliphatic heterocycles. The Balaban J connectivity index is 1.57. The maximum Gasteiger partial charge on any atom is 0.233 e. The van der Waals surface area contributed by atoms with Gasteiger partial charge in [0.05, 0.1) is 26.4 Å². The summed E-state index contributed by atoms with van der Waals surface area (Å²) in [7, 11) is 0. The summed E-state index contributed by atoms with van der Waals surface area (Å²) in [6.45, 7) is 6.30. The number of ether oxygens (including phenoxy) is 4. The Morgan fingerprint density at radius 3 is 2.39 bits per heavy atom. The summed E-state index contributed by atoms with van der Waals surface area (Å²) in [6.07, 6.45) is 2.11. The molecule has 0 unspecified atom stereocenters. The lowest BCUT2D eigenvalue weighted by Gasteiger charge is -2.12. The van der Waals surface area contributed by atoms with E-state index in [9.17, 15) is 0 Å². The quantitative estimate of drug-likeness (QED) is 0.307. The van der Waals surface area contributed by atoms with Crippen molar-refractivity contribution in [1.82, 2.24) is 15.0 Å². The molecule has 0 saturated carbocycles. The number of anilines is 4. The average molecular weight is 434 g/mol. The molecule has 170 valence electrons. The van der Waals surface area contributed by atoms with E-state index >= 15 is 0 Å². The van der Waals surface area contributed by atoms with E-state index in [1.807, 2.05) is 18.2 Å². The molecule has 0 bridgehead atoms. The number of hydrogen-bond acceptors (Lipinski definition) is 11. The van der Waals surface area contributed by atoms with E-state index in [4.69, 9.17) is 24.7 Å². The zero-order valence-corrected chi connectivity index (χ0v) is 17.9. The zero-order valence-electron chi connectivity index (χ0n) is 17.9. The Kier molecular flexibility index (Phi) is 9.35. The number of aromatic nitrogens is 3. The van der Waals surface area contributed by atoms with Crippen LogP contribution in [0.5, 0.6) is 11.5 Å². The minimum Gasteiger partial charge on any atom is -0.454 e. The van der Waals surface area contributed by atoms with Crippen LogP contribution in [0.1, 0.15) is 19.8 Å². The van der Waals surface area contributed by atoms with Crippen LogP contribution in [0.25, 0.3) is 0 Å². The first-order valence-corrected chi connectivity index (χ1v) is 10.5. The van der Waals surface area contributed by atoms with E-state index in [1.54, 1.807) is 0 Å². The van der Waals surface area contributed by atoms with E-state index < -0.39 is 0 Å². The Bertz CT molecular complexity index is 809. The third kappa shape index (κ3) is 7.70. The smallest absolute Gasteiger partial charge is 0.233 e. The Hall–Kier alpha value is -2.89. The number of unbranched alkanes of at least 4 members (excludes halogenated alkanes) is 1. The molecule has 2 aromatic rings. The molecule has 0 fully saturated rings. The molecule has 1 aromatic carbocycles. The molecule has 0 aliphatic carbocycles. The van der Waals surface area contributed by atoms with Crippen molar-refractivity contribution < 1.29 is 18.9 Å². The summed E-state index contributed by atoms with van der Waals surface area (Å²) in [5.74, 6) is 2.79. The van der Waals surface area contributed by atoms with Crippen molar-refractivity contribution in [3.8, 4) is 11.5 Å². The third-order valence-electron chi connectivity index (χ3n) is 4.24. The fraction of sp³-hybridized carbons (Fsp3) is 0.550. The Labute approximate surface area is 182 Å². The summed E-state index contributed by atoms with van der Waals surface area (Å²) in [5.41, 5.74) is 6.17. The SMILES string of the molecule is CCCCNc1nc(NCCOCCOCCN)nc(Nc2ccc3c(c2)OCO3)n1. The molecule has 0 atom stereocenters. The second-order valence-corrected chi connectivity index (χ2v) is 6.72. The number of benzene rings is 1. The monoisotopic (exact) mass is 433 g/mol. The van der Waals surface area contributed by atoms with Gasteiger partial charge in [0.15, 0.2) is 11.5 Å². The fourth-order valence-electron chi connectivity index (χ4n) is 2.71. The lowest BCUT2D eigenvalue weighted by atomic mass is 10.3. The molecule has 1 aromatic heterocycles. The number of rotatable bonds is 15. The first-order valence-electron chi connectivity index (χ1n) is 10.5. The van der Waals surface area contributed by atoms with Crippen LogP contribution in [0.4, 0.5) is 23.5 Å². The molecule has 11 heteroatoms. The van der Waals surface area contributed by atoms with E-state index in [0.717, 1.165) is 30.8 Å². The van der Waals surface area contributed by atoms with Crippen molar-refractivity contribution in [3.63, 3.8) is 0 Å². The highest BCUT2D eigenvalue weighted by Gasteiger charge is 2.14. The molecule has 0 spiro atoms. The van der Waals surface area contributed by atoms with E-state index in [0.29, 0.717) is 63.1 Å². The normalized spacial score (nSPS) is 12.1. The highest BCUT2D eigenvalue weighted by Crippen LogP contribution is 2.34. The van der Waals surface area contributed by atoms with Gasteiger partial charge in [-0.3, -0.25) is 0 Å². The molecule has 0 radical (unpaired) electrons. The second-order valence-electron chi connectivity index (χ2n) is 6.72. The van der Waals surface area contributed by atoms with Crippen molar-refractivity contribution >= 4 is 23.5 Å². The van der Waals surface area contributed by atoms with Crippen molar-refractivity contribution in [2.24, 2.45) is 5.73 Å². The summed E-state index contributed by atoms with van der Waals surface area (Å²) < 4.78 is 21.6. The van der Waals surface area contributed by atoms with Crippen LogP contribution in [0.2, 0.25) is 0 Å². The third-order valence-corrected chi connectivity index (χ3v) is 4.24. The number of nitrogens with one attached hydrogen (secondary N) is 3. The Morgan fingerprint density at radius 2 is 1.61 bits per heavy atom. The van der Waals surface area contributed by atoms with Crippen LogP contribution >= 0.6 is 0 Å². The minimum atomic E-state index is 0.228. The molecule has 31 heavy (non-hydrogen) atoms. The number of nitrogens with zero attached hydrogens (tertiary/aromatic N) is 3. The molecule has 0 saturated heterocycles. The van der Waals surface area contributed by atoms with Crippen molar-refractivity contribution in [2.45, 2.75) is 19.8 Å². The molecule has 2 heterocycles. The lowest BCUT2D eigenvalue weighted by Crippen LogP contribution is -2.17. The number of hydrogen-bond donors (Lipinski definition) is 4. The number of fused-ring (bicyclic) bond motifs is 1. The fourth-order valence-corrected chi connectivity index (χ4v) is 2.71. The van der Waals surface area contributed by atoms with Gasteiger partial charge in [-0.2, -0.15) is 15.0 Å². The maximum atomic E-state index is 5.52. The first-order chi connectivity index (χ1) is 15.3. The van der Waals surface area contributed by atoms with Crippen LogP contribution < -0.4 is 31.2 Å². The predicted octanol–water partition coefficient (Wildman–Crippen LogP) is 1.96. The minimum absolute atomic E-state index is 0.228. The average Bonchev–Trinajstić information content (AvgIpc) is 3.24. The summed E-state index contributed by atoms with van der Waals surface area (Å²) >= 11 is 0. The highest BCUT2D eigenvalue weighted by molar-refractivity contribution is 5.61. The summed E-state index contributed by atoms with van der Waals surface area (Å²) in [5, 5.41) is 9.61. The summed E-state index contributed by atoms with van der Waals surface area (Å²) in [4.78, 5) is 13.4. The van der Waals surface area contributed by atoms with Gasteiger partial charge >= 0.3 is 0 Å². The van der Waals surface area contributed by atoms with E-state index in [-0.39, 0.29) is 6.79 Å². The van der Waals surface area contributed by atoms with E-state index in [2.05, 4.69) is 37.8 Å². The zero-order chi connectivity index (χ0) is 21.7. The molecule has 3 rings (SSSR count). The van der Waals surface area contributed by atoms with Gasteiger partial charge in [0.2, 0.25) is 24.6 Å². The van der Waals surface area contributed by atoms with Crippen LogP contribution in [0.15, 0.2) is 18.2 Å². The van der Waals surface area contributed by atoms with Gasteiger partial charge in [0.1, 0.15) is 0 Å². The molecule has 1 aliphatic rings. The lowest BCUT2D eigenvalue weighted by molar-refractivity contribution is 0.0547. The van der Waals surface area contributed by atoms with Crippen LogP contribution in [0.3, 0.4) is 0 Å². The van der Waals surface area contributed by atoms with Gasteiger partial charge in [-0.1, -0.05) is 13.3 Å². The first kappa shape index (κ1) is 22.8. The summed E-state index contributed by atoms with van der Waals surface area (Å²) in [6, 6.07) is 5.58. The van der Waals surface area contributed by atoms with Gasteiger partial charge < -0.3 is 40.6 Å². The van der Waals surface area contributed by atoms with Gasteiger partial charge in [0.25, 0.3) is 0 Å². The van der Waals surface area contributed by atoms with Gasteiger partial charge in [-0.05, 0) is 18.6 Å². The molecular formula is C20H31N7O4. The predicted molar refractivity (Wildman–Crippen MR) is 118 cm³/mol. The largest absolute Gasteiger partial charge is 0.454 e. The highest BCUT2D eigenvalue weighted by atomic mass is 16.7. The van der Waals surface area contributed by atoms with E-state index in [1.165, 1.54) is 0 Å². The maximum absolute atomic E-state index is 5.52. The van der Waals surface area contributed by atoms with Crippen LogP contribution in [-0.4, -0.2) is 67.8 Å². The standard InChI is InChI=1S/C20H31N7O4/c1-2-3-7-22-18-25-19(23-8-10-29-12-11-28-9-6-21)27-20(26-18)24-15-4-5-16-17(13-15)31-14-30-16/h4-5,13H,2-3,6-12,14,21H2,1H3,(H3,22,23,24,25,26,27). The van der Waals surface area contributed by atoms with Crippen LogP contribution in [-0.2, 0) is 9.47 Å². The van der Waals surface area contributed by atoms with Crippen molar-refractivity contribution in [1.29, 1.82) is 0 Å². The van der Waals surface area contributed by atoms with Crippen molar-refractivity contribution in [3.05, 3.63) is 18.2 Å². The molecular weight excluding hydrogens is 402 g/mol. The van der Waals surface area contributed by atoms with Gasteiger partial charge in [-0.25, -0.2) is 0 Å². The van der Waals surface area contributed by atoms with Crippen LogP contribution in [0, 0.1) is 0 Å². The van der Waals surface area contributed by atoms with Gasteiger partial charge in [0, 0.05) is 31.4 Å². The second kappa shape index (κ2) is 12.7. The van der Waals surface area contributed by atoms with Gasteiger partial charge in [-0.15, -0.1) is 0 Å². The molecule has 5 N–H and O–H groups in total. The number of nitrogens with two attached hydrogens (primary N) is 1. The molecule has 0 amide bonds. The Morgan fingerprint density at radius 1 is 0.903 bits per heavy atom.